The van der Waals surface area contributed by atoms with E-state index in [1.54, 1.807) is 0 Å². The summed E-state index contributed by atoms with van der Waals surface area (Å²) in [4.78, 5) is 2.79. The summed E-state index contributed by atoms with van der Waals surface area (Å²) in [6.45, 7) is -0.000852. The molecule has 0 aliphatic carbocycles. The van der Waals surface area contributed by atoms with Crippen LogP contribution in [-0.4, -0.2) is 15.6 Å². The van der Waals surface area contributed by atoms with Crippen molar-refractivity contribution < 1.29 is 5.11 Å². The van der Waals surface area contributed by atoms with E-state index < -0.39 is 0 Å². The van der Waals surface area contributed by atoms with Gasteiger partial charge in [-0.15, -0.1) is 0 Å². The van der Waals surface area contributed by atoms with Gasteiger partial charge in [0.15, 0.2) is 0 Å². The fraction of sp³-hybridized carbons (Fsp3) is 0.333. The summed E-state index contributed by atoms with van der Waals surface area (Å²) in [5.74, 6) is 0. The third-order valence-electron chi connectivity index (χ3n) is 1.83. The van der Waals surface area contributed by atoms with E-state index >= 15 is 0 Å². The van der Waals surface area contributed by atoms with Gasteiger partial charge >= 0.3 is 0 Å². The second-order valence-electron chi connectivity index (χ2n) is 2.76. The highest BCUT2D eigenvalue weighted by Gasteiger charge is 2.17. The maximum atomic E-state index is 9.00. The molecule has 1 N–H and O–H groups in total. The van der Waals surface area contributed by atoms with Gasteiger partial charge in [-0.1, -0.05) is 58.0 Å². The molecule has 4 nitrogen and oxygen atoms in total. The van der Waals surface area contributed by atoms with Crippen LogP contribution in [0.3, 0.4) is 0 Å². The van der Waals surface area contributed by atoms with Crippen LogP contribution in [0.2, 0.25) is 0 Å². The van der Waals surface area contributed by atoms with Crippen LogP contribution in [0.5, 0.6) is 0 Å². The summed E-state index contributed by atoms with van der Waals surface area (Å²) in [5, 5.41) is 12.7. The zero-order valence-electron chi connectivity index (χ0n) is 7.42. The lowest BCUT2D eigenvalue weighted by atomic mass is 10.1. The van der Waals surface area contributed by atoms with Gasteiger partial charge in [-0.3, -0.25) is 0 Å². The molecule has 0 saturated heterocycles. The predicted octanol–water partition coefficient (Wildman–Crippen LogP) is 2.83. The van der Waals surface area contributed by atoms with Crippen LogP contribution in [0.15, 0.2) is 35.4 Å². The summed E-state index contributed by atoms with van der Waals surface area (Å²) in [5.41, 5.74) is 9.35. The number of nitrogens with zero attached hydrogens (tertiary/aromatic N) is 3. The monoisotopic (exact) mass is 303 g/mol. The van der Waals surface area contributed by atoms with Crippen LogP contribution in [0.4, 0.5) is 0 Å². The molecule has 0 bridgehead atoms. The number of aliphatic hydroxyl groups excluding tert-OH is 1. The zero-order valence-corrected chi connectivity index (χ0v) is 9.57. The Morgan fingerprint density at radius 2 is 2.07 bits per heavy atom. The van der Waals surface area contributed by atoms with Crippen LogP contribution in [0, 0.1) is 0 Å². The standard InChI is InChI=1S/C9H10IN3O/c10-8(6-14)9(12-13-11)7-4-2-1-3-5-7/h1-5,8-9,14H,6H2. The molecule has 0 amide bonds. The van der Waals surface area contributed by atoms with Crippen molar-refractivity contribution in [3.05, 3.63) is 46.3 Å². The van der Waals surface area contributed by atoms with E-state index in [1.807, 2.05) is 30.3 Å². The molecule has 0 aliphatic rings. The lowest BCUT2D eigenvalue weighted by molar-refractivity contribution is 0.288. The quantitative estimate of drug-likeness (QED) is 0.300. The lowest BCUT2D eigenvalue weighted by Gasteiger charge is -2.15. The second kappa shape index (κ2) is 5.85. The summed E-state index contributed by atoms with van der Waals surface area (Å²) in [7, 11) is 0. The average molecular weight is 303 g/mol. The molecule has 0 radical (unpaired) electrons. The number of hydrogen-bond donors (Lipinski definition) is 1. The number of aliphatic hydroxyl groups is 1. The summed E-state index contributed by atoms with van der Waals surface area (Å²) in [6.07, 6.45) is 0. The molecule has 1 rings (SSSR count). The number of benzene rings is 1. The Morgan fingerprint density at radius 3 is 2.57 bits per heavy atom. The van der Waals surface area contributed by atoms with Gasteiger partial charge in [-0.05, 0) is 11.1 Å². The van der Waals surface area contributed by atoms with Crippen molar-refractivity contribution in [2.75, 3.05) is 6.61 Å². The molecule has 0 fully saturated rings. The number of azide groups is 1. The minimum absolute atomic E-state index is 0.000852. The first-order chi connectivity index (χ1) is 6.79. The molecular weight excluding hydrogens is 293 g/mol. The minimum atomic E-state index is -0.299. The predicted molar refractivity (Wildman–Crippen MR) is 63.2 cm³/mol. The molecule has 0 aliphatic heterocycles. The first-order valence-electron chi connectivity index (χ1n) is 4.13. The summed E-state index contributed by atoms with van der Waals surface area (Å²) in [6, 6.07) is 9.15. The fourth-order valence-electron chi connectivity index (χ4n) is 1.15. The molecule has 5 heteroatoms. The minimum Gasteiger partial charge on any atom is -0.395 e. The van der Waals surface area contributed by atoms with E-state index in [0.29, 0.717) is 0 Å². The van der Waals surface area contributed by atoms with E-state index in [2.05, 4.69) is 32.6 Å². The van der Waals surface area contributed by atoms with Crippen LogP contribution in [-0.2, 0) is 0 Å². The van der Waals surface area contributed by atoms with Crippen LogP contribution >= 0.6 is 22.6 Å². The smallest absolute Gasteiger partial charge is 0.0765 e. The Labute approximate surface area is 95.7 Å². The normalized spacial score (nSPS) is 14.1. The van der Waals surface area contributed by atoms with Gasteiger partial charge in [0.2, 0.25) is 0 Å². The largest absolute Gasteiger partial charge is 0.395 e. The van der Waals surface area contributed by atoms with Gasteiger partial charge in [-0.2, -0.15) is 0 Å². The number of alkyl halides is 1. The first-order valence-corrected chi connectivity index (χ1v) is 5.38. The Hall–Kier alpha value is -0.780. The van der Waals surface area contributed by atoms with E-state index in [1.165, 1.54) is 0 Å². The van der Waals surface area contributed by atoms with Gasteiger partial charge in [0.1, 0.15) is 0 Å². The first kappa shape index (κ1) is 11.3. The molecule has 0 aromatic heterocycles. The summed E-state index contributed by atoms with van der Waals surface area (Å²) < 4.78 is -0.0918. The van der Waals surface area contributed by atoms with Crippen LogP contribution in [0.1, 0.15) is 11.6 Å². The molecule has 1 aromatic rings. The van der Waals surface area contributed by atoms with E-state index in [-0.39, 0.29) is 16.6 Å². The number of hydrogen-bond acceptors (Lipinski definition) is 2. The van der Waals surface area contributed by atoms with Crippen molar-refractivity contribution in [2.24, 2.45) is 5.11 Å². The van der Waals surface area contributed by atoms with E-state index in [0.717, 1.165) is 5.56 Å². The van der Waals surface area contributed by atoms with Crippen molar-refractivity contribution in [1.29, 1.82) is 0 Å². The Morgan fingerprint density at radius 1 is 1.43 bits per heavy atom. The van der Waals surface area contributed by atoms with Gasteiger partial charge in [0.25, 0.3) is 0 Å². The third kappa shape index (κ3) is 2.87. The van der Waals surface area contributed by atoms with Crippen molar-refractivity contribution in [3.63, 3.8) is 0 Å². The van der Waals surface area contributed by atoms with Gasteiger partial charge < -0.3 is 5.11 Å². The molecule has 0 heterocycles. The van der Waals surface area contributed by atoms with Crippen molar-refractivity contribution >= 4 is 22.6 Å². The summed E-state index contributed by atoms with van der Waals surface area (Å²) >= 11 is 2.08. The molecule has 0 saturated carbocycles. The Kier molecular flexibility index (Phi) is 4.72. The van der Waals surface area contributed by atoms with Gasteiger partial charge in [-0.25, -0.2) is 0 Å². The topological polar surface area (TPSA) is 69.0 Å². The highest BCUT2D eigenvalue weighted by Crippen LogP contribution is 2.26. The van der Waals surface area contributed by atoms with Crippen molar-refractivity contribution in [2.45, 2.75) is 9.97 Å². The molecule has 1 aromatic carbocycles. The van der Waals surface area contributed by atoms with Crippen molar-refractivity contribution in [1.82, 2.24) is 0 Å². The Balaban J connectivity index is 2.94. The van der Waals surface area contributed by atoms with Gasteiger partial charge in [0, 0.05) is 8.84 Å². The van der Waals surface area contributed by atoms with E-state index in [9.17, 15) is 0 Å². The van der Waals surface area contributed by atoms with Gasteiger partial charge in [0.05, 0.1) is 12.6 Å². The molecule has 0 spiro atoms. The van der Waals surface area contributed by atoms with Crippen LogP contribution < -0.4 is 0 Å². The molecule has 2 atom stereocenters. The average Bonchev–Trinajstić information content (AvgIpc) is 2.26. The number of halogens is 1. The number of rotatable bonds is 4. The maximum absolute atomic E-state index is 9.00. The van der Waals surface area contributed by atoms with Crippen molar-refractivity contribution in [3.8, 4) is 0 Å². The SMILES string of the molecule is [N-]=[N+]=NC(c1ccccc1)C(I)CO. The zero-order chi connectivity index (χ0) is 10.4. The molecule has 74 valence electrons. The molecule has 14 heavy (non-hydrogen) atoms. The lowest BCUT2D eigenvalue weighted by Crippen LogP contribution is -2.13. The second-order valence-corrected chi connectivity index (χ2v) is 4.36. The van der Waals surface area contributed by atoms with E-state index in [4.69, 9.17) is 10.6 Å². The maximum Gasteiger partial charge on any atom is 0.0765 e. The third-order valence-corrected chi connectivity index (χ3v) is 2.91. The van der Waals surface area contributed by atoms with Crippen LogP contribution in [0.25, 0.3) is 10.4 Å². The highest BCUT2D eigenvalue weighted by molar-refractivity contribution is 14.1. The molecular formula is C9H10IN3O. The fourth-order valence-corrected chi connectivity index (χ4v) is 1.71. The highest BCUT2D eigenvalue weighted by atomic mass is 127. The molecule has 2 unspecified atom stereocenters. The Bertz CT molecular complexity index is 324.